The molecular weight excluding hydrogens is 404 g/mol. The summed E-state index contributed by atoms with van der Waals surface area (Å²) in [5.41, 5.74) is 8.10. The van der Waals surface area contributed by atoms with Crippen molar-refractivity contribution in [2.45, 2.75) is 46.5 Å². The van der Waals surface area contributed by atoms with Gasteiger partial charge in [0.1, 0.15) is 0 Å². The molecule has 0 aliphatic heterocycles. The molecule has 32 heavy (non-hydrogen) atoms. The van der Waals surface area contributed by atoms with Gasteiger partial charge in [-0.3, -0.25) is 14.9 Å². The molecule has 1 aromatic heterocycles. The van der Waals surface area contributed by atoms with Crippen LogP contribution in [0.5, 0.6) is 0 Å². The van der Waals surface area contributed by atoms with Gasteiger partial charge in [0, 0.05) is 34.3 Å². The maximum atomic E-state index is 12.2. The number of para-hydroxylation sites is 1. The van der Waals surface area contributed by atoms with Gasteiger partial charge in [-0.25, -0.2) is 5.43 Å². The van der Waals surface area contributed by atoms with Crippen molar-refractivity contribution in [3.63, 3.8) is 0 Å². The van der Waals surface area contributed by atoms with Gasteiger partial charge in [0.2, 0.25) is 5.91 Å². The highest BCUT2D eigenvalue weighted by atomic mass is 16.6. The van der Waals surface area contributed by atoms with E-state index in [4.69, 9.17) is 0 Å². The second-order valence-corrected chi connectivity index (χ2v) is 8.81. The lowest BCUT2D eigenvalue weighted by Gasteiger charge is -2.20. The van der Waals surface area contributed by atoms with Gasteiger partial charge in [0.25, 0.3) is 5.69 Å². The number of aromatic nitrogens is 1. The van der Waals surface area contributed by atoms with Crippen LogP contribution in [-0.4, -0.2) is 21.6 Å². The van der Waals surface area contributed by atoms with E-state index in [2.05, 4.69) is 60.1 Å². The van der Waals surface area contributed by atoms with Crippen molar-refractivity contribution < 1.29 is 9.72 Å². The molecule has 0 aliphatic carbocycles. The summed E-state index contributed by atoms with van der Waals surface area (Å²) in [6.07, 6.45) is 1.48. The van der Waals surface area contributed by atoms with Crippen LogP contribution < -0.4 is 5.43 Å². The fraction of sp³-hybridized carbons (Fsp3) is 0.280. The molecule has 3 rings (SSSR count). The zero-order chi connectivity index (χ0) is 23.5. The Hall–Kier alpha value is -3.74. The monoisotopic (exact) mass is 432 g/mol. The third-order valence-corrected chi connectivity index (χ3v) is 5.39. The van der Waals surface area contributed by atoms with Crippen LogP contribution in [0.4, 0.5) is 5.69 Å². The fourth-order valence-electron chi connectivity index (χ4n) is 3.65. The molecule has 0 saturated carbocycles. The molecule has 0 bridgehead atoms. The SMILES string of the molecule is Cc1cc(/C=N/NC(=O)Cc2ccccc2[N+](=O)[O-])c(C)n1-c1ccc(C(C)(C)C)cc1. The van der Waals surface area contributed by atoms with E-state index in [1.807, 2.05) is 19.9 Å². The Morgan fingerprint density at radius 2 is 1.78 bits per heavy atom. The average Bonchev–Trinajstić information content (AvgIpc) is 3.01. The number of hydrogen-bond acceptors (Lipinski definition) is 4. The summed E-state index contributed by atoms with van der Waals surface area (Å²) >= 11 is 0. The number of hydrazone groups is 1. The fourth-order valence-corrected chi connectivity index (χ4v) is 3.65. The Bertz CT molecular complexity index is 1170. The van der Waals surface area contributed by atoms with Gasteiger partial charge in [0.05, 0.1) is 17.6 Å². The normalized spacial score (nSPS) is 11.7. The second kappa shape index (κ2) is 9.18. The summed E-state index contributed by atoms with van der Waals surface area (Å²) in [4.78, 5) is 22.8. The van der Waals surface area contributed by atoms with E-state index in [0.29, 0.717) is 5.56 Å². The Morgan fingerprint density at radius 3 is 2.41 bits per heavy atom. The minimum Gasteiger partial charge on any atom is -0.318 e. The summed E-state index contributed by atoms with van der Waals surface area (Å²) in [5, 5.41) is 15.2. The van der Waals surface area contributed by atoms with Gasteiger partial charge in [-0.05, 0) is 43.0 Å². The van der Waals surface area contributed by atoms with Crippen LogP contribution in [0, 0.1) is 24.0 Å². The zero-order valence-electron chi connectivity index (χ0n) is 19.0. The van der Waals surface area contributed by atoms with Gasteiger partial charge in [-0.15, -0.1) is 0 Å². The number of hydrogen-bond donors (Lipinski definition) is 1. The van der Waals surface area contributed by atoms with E-state index in [9.17, 15) is 14.9 Å². The van der Waals surface area contributed by atoms with Crippen LogP contribution >= 0.6 is 0 Å². The standard InChI is InChI=1S/C25H28N4O3/c1-17-14-20(18(2)28(17)22-12-10-21(11-13-22)25(3,4)5)16-26-27-24(30)15-19-8-6-7-9-23(19)29(31)32/h6-14,16H,15H2,1-5H3,(H,27,30)/b26-16+. The van der Waals surface area contributed by atoms with Crippen molar-refractivity contribution >= 4 is 17.8 Å². The lowest BCUT2D eigenvalue weighted by molar-refractivity contribution is -0.385. The molecule has 0 atom stereocenters. The molecule has 166 valence electrons. The van der Waals surface area contributed by atoms with E-state index >= 15 is 0 Å². The summed E-state index contributed by atoms with van der Waals surface area (Å²) in [5.74, 6) is -0.415. The van der Waals surface area contributed by atoms with Crippen molar-refractivity contribution in [1.29, 1.82) is 0 Å². The van der Waals surface area contributed by atoms with Crippen molar-refractivity contribution in [3.05, 3.63) is 92.8 Å². The van der Waals surface area contributed by atoms with E-state index in [1.54, 1.807) is 24.4 Å². The third-order valence-electron chi connectivity index (χ3n) is 5.39. The summed E-state index contributed by atoms with van der Waals surface area (Å²) in [7, 11) is 0. The van der Waals surface area contributed by atoms with Crippen LogP contribution in [-0.2, 0) is 16.6 Å². The number of amides is 1. The van der Waals surface area contributed by atoms with Gasteiger partial charge in [0.15, 0.2) is 0 Å². The van der Waals surface area contributed by atoms with Gasteiger partial charge in [-0.2, -0.15) is 5.10 Å². The van der Waals surface area contributed by atoms with Crippen LogP contribution in [0.25, 0.3) is 5.69 Å². The van der Waals surface area contributed by atoms with Gasteiger partial charge >= 0.3 is 0 Å². The highest BCUT2D eigenvalue weighted by Gasteiger charge is 2.16. The molecule has 7 heteroatoms. The van der Waals surface area contributed by atoms with E-state index in [1.165, 1.54) is 11.6 Å². The minimum absolute atomic E-state index is 0.0762. The molecule has 0 saturated heterocycles. The van der Waals surface area contributed by atoms with Crippen molar-refractivity contribution in [3.8, 4) is 5.69 Å². The lowest BCUT2D eigenvalue weighted by Crippen LogP contribution is -2.20. The van der Waals surface area contributed by atoms with Crippen LogP contribution in [0.2, 0.25) is 0 Å². The molecule has 1 heterocycles. The van der Waals surface area contributed by atoms with Crippen LogP contribution in [0.1, 0.15) is 48.8 Å². The first-order valence-electron chi connectivity index (χ1n) is 10.4. The summed E-state index contributed by atoms with van der Waals surface area (Å²) in [6.45, 7) is 10.6. The van der Waals surface area contributed by atoms with Crippen molar-refractivity contribution in [1.82, 2.24) is 9.99 Å². The predicted octanol–water partition coefficient (Wildman–Crippen LogP) is 4.99. The number of rotatable bonds is 6. The Kier molecular flexibility index (Phi) is 6.58. The Morgan fingerprint density at radius 1 is 1.12 bits per heavy atom. The third kappa shape index (κ3) is 5.11. The number of nitrogens with one attached hydrogen (secondary N) is 1. The summed E-state index contributed by atoms with van der Waals surface area (Å²) in [6, 6.07) is 16.7. The number of nitro benzene ring substituents is 1. The number of carbonyl (C=O) groups is 1. The number of aryl methyl sites for hydroxylation is 1. The number of nitro groups is 1. The molecule has 0 spiro atoms. The zero-order valence-corrected chi connectivity index (χ0v) is 19.0. The van der Waals surface area contributed by atoms with Crippen LogP contribution in [0.15, 0.2) is 59.7 Å². The molecule has 0 aliphatic rings. The molecule has 7 nitrogen and oxygen atoms in total. The predicted molar refractivity (Wildman–Crippen MR) is 126 cm³/mol. The molecule has 0 radical (unpaired) electrons. The van der Waals surface area contributed by atoms with E-state index in [-0.39, 0.29) is 17.5 Å². The van der Waals surface area contributed by atoms with E-state index < -0.39 is 10.8 Å². The average molecular weight is 433 g/mol. The summed E-state index contributed by atoms with van der Waals surface area (Å²) < 4.78 is 2.14. The largest absolute Gasteiger partial charge is 0.318 e. The molecule has 0 unspecified atom stereocenters. The van der Waals surface area contributed by atoms with Crippen molar-refractivity contribution in [2.24, 2.45) is 5.10 Å². The highest BCUT2D eigenvalue weighted by molar-refractivity contribution is 5.85. The Labute approximate surface area is 187 Å². The molecule has 1 amide bonds. The maximum Gasteiger partial charge on any atom is 0.273 e. The topological polar surface area (TPSA) is 89.5 Å². The molecule has 2 aromatic carbocycles. The highest BCUT2D eigenvalue weighted by Crippen LogP contribution is 2.25. The maximum absolute atomic E-state index is 12.2. The van der Waals surface area contributed by atoms with Crippen molar-refractivity contribution in [2.75, 3.05) is 0 Å². The second-order valence-electron chi connectivity index (χ2n) is 8.81. The van der Waals surface area contributed by atoms with Gasteiger partial charge in [-0.1, -0.05) is 51.1 Å². The quantitative estimate of drug-likeness (QED) is 0.338. The molecule has 0 fully saturated rings. The smallest absolute Gasteiger partial charge is 0.273 e. The molecule has 1 N–H and O–H groups in total. The van der Waals surface area contributed by atoms with Gasteiger partial charge < -0.3 is 4.57 Å². The first-order chi connectivity index (χ1) is 15.1. The Balaban J connectivity index is 1.72. The minimum atomic E-state index is -0.491. The first-order valence-corrected chi connectivity index (χ1v) is 10.4. The lowest BCUT2D eigenvalue weighted by atomic mass is 9.87. The molecule has 3 aromatic rings. The first kappa shape index (κ1) is 22.9. The number of nitrogens with zero attached hydrogens (tertiary/aromatic N) is 3. The number of benzene rings is 2. The van der Waals surface area contributed by atoms with E-state index in [0.717, 1.165) is 22.6 Å². The number of carbonyl (C=O) groups excluding carboxylic acids is 1. The molecular formula is C25H28N4O3. The van der Waals surface area contributed by atoms with Crippen LogP contribution in [0.3, 0.4) is 0 Å².